The summed E-state index contributed by atoms with van der Waals surface area (Å²) in [6.45, 7) is 6.05. The van der Waals surface area contributed by atoms with E-state index in [1.165, 1.54) is 0 Å². The van der Waals surface area contributed by atoms with Crippen LogP contribution in [0.25, 0.3) is 11.4 Å². The van der Waals surface area contributed by atoms with Gasteiger partial charge in [0.2, 0.25) is 17.6 Å². The first kappa shape index (κ1) is 16.2. The number of aromatic nitrogens is 2. The van der Waals surface area contributed by atoms with Gasteiger partial charge in [-0.2, -0.15) is 4.98 Å². The van der Waals surface area contributed by atoms with Gasteiger partial charge in [0, 0.05) is 19.0 Å². The highest BCUT2D eigenvalue weighted by Gasteiger charge is 2.15. The summed E-state index contributed by atoms with van der Waals surface area (Å²) < 4.78 is 4.94. The fourth-order valence-corrected chi connectivity index (χ4v) is 2.05. The molecule has 1 aromatic heterocycles. The minimum absolute atomic E-state index is 0.276. The number of nitrogens with one attached hydrogen (secondary N) is 1. The maximum Gasteiger partial charge on any atom is 0.249 e. The maximum atomic E-state index is 11.7. The fourth-order valence-electron chi connectivity index (χ4n) is 2.05. The number of aliphatic hydroxyl groups excluding tert-OH is 1. The average Bonchev–Trinajstić information content (AvgIpc) is 2.91. The maximum absolute atomic E-state index is 11.7. The zero-order chi connectivity index (χ0) is 16.1. The first-order chi connectivity index (χ1) is 10.5. The van der Waals surface area contributed by atoms with Crippen LogP contribution in [-0.2, 0) is 11.3 Å². The molecule has 0 saturated heterocycles. The lowest BCUT2D eigenvalue weighted by Gasteiger charge is -2.13. The number of nitrogens with zero attached hydrogens (tertiary/aromatic N) is 2. The third-order valence-corrected chi connectivity index (χ3v) is 3.20. The Bertz CT molecular complexity index is 620. The highest BCUT2D eigenvalue weighted by atomic mass is 16.5. The van der Waals surface area contributed by atoms with Gasteiger partial charge in [-0.25, -0.2) is 0 Å². The molecule has 0 fully saturated rings. The van der Waals surface area contributed by atoms with Crippen LogP contribution in [0.3, 0.4) is 0 Å². The number of amides is 1. The lowest BCUT2D eigenvalue weighted by molar-refractivity contribution is -0.130. The molecular formula is C16H21N3O3. The molecule has 1 aromatic carbocycles. The van der Waals surface area contributed by atoms with Crippen LogP contribution in [0.1, 0.15) is 31.7 Å². The summed E-state index contributed by atoms with van der Waals surface area (Å²) in [4.78, 5) is 15.9. The summed E-state index contributed by atoms with van der Waals surface area (Å²) in [5.74, 6) is 0.996. The lowest BCUT2D eigenvalue weighted by Crippen LogP contribution is -2.34. The Labute approximate surface area is 129 Å². The predicted molar refractivity (Wildman–Crippen MR) is 81.8 cm³/mol. The quantitative estimate of drug-likeness (QED) is 0.853. The molecule has 0 saturated carbocycles. The van der Waals surface area contributed by atoms with Crippen LogP contribution >= 0.6 is 0 Å². The minimum Gasteiger partial charge on any atom is -0.383 e. The number of aryl methyl sites for hydroxylation is 1. The zero-order valence-corrected chi connectivity index (χ0v) is 13.0. The molecular weight excluding hydrogens is 282 g/mol. The smallest absolute Gasteiger partial charge is 0.249 e. The molecule has 0 bridgehead atoms. The van der Waals surface area contributed by atoms with Gasteiger partial charge >= 0.3 is 0 Å². The van der Waals surface area contributed by atoms with Crippen molar-refractivity contribution in [3.63, 3.8) is 0 Å². The average molecular weight is 303 g/mol. The van der Waals surface area contributed by atoms with Crippen molar-refractivity contribution in [2.45, 2.75) is 39.8 Å². The van der Waals surface area contributed by atoms with Gasteiger partial charge in [0.15, 0.2) is 0 Å². The van der Waals surface area contributed by atoms with Crippen molar-refractivity contribution < 1.29 is 14.4 Å². The second-order valence-electron chi connectivity index (χ2n) is 5.70. The predicted octanol–water partition coefficient (Wildman–Crippen LogP) is 2.07. The first-order valence-corrected chi connectivity index (χ1v) is 7.31. The van der Waals surface area contributed by atoms with Crippen molar-refractivity contribution >= 4 is 5.91 Å². The van der Waals surface area contributed by atoms with Gasteiger partial charge in [-0.05, 0) is 17.9 Å². The van der Waals surface area contributed by atoms with Crippen molar-refractivity contribution in [1.29, 1.82) is 0 Å². The van der Waals surface area contributed by atoms with Gasteiger partial charge in [0.25, 0.3) is 0 Å². The Morgan fingerprint density at radius 3 is 2.55 bits per heavy atom. The molecule has 6 nitrogen and oxygen atoms in total. The van der Waals surface area contributed by atoms with E-state index in [0.29, 0.717) is 24.7 Å². The number of hydrogen-bond donors (Lipinski definition) is 2. The van der Waals surface area contributed by atoms with Gasteiger partial charge < -0.3 is 14.9 Å². The topological polar surface area (TPSA) is 88.2 Å². The van der Waals surface area contributed by atoms with Crippen molar-refractivity contribution in [3.05, 3.63) is 35.7 Å². The molecule has 6 heteroatoms. The van der Waals surface area contributed by atoms with Crippen molar-refractivity contribution in [2.24, 2.45) is 5.92 Å². The van der Waals surface area contributed by atoms with Crippen LogP contribution in [0.4, 0.5) is 0 Å². The van der Waals surface area contributed by atoms with Crippen LogP contribution in [0, 0.1) is 12.8 Å². The van der Waals surface area contributed by atoms with Crippen molar-refractivity contribution in [1.82, 2.24) is 15.5 Å². The molecule has 0 aliphatic heterocycles. The normalized spacial score (nSPS) is 12.4. The molecule has 2 aromatic rings. The third-order valence-electron chi connectivity index (χ3n) is 3.20. The molecule has 0 spiro atoms. The van der Waals surface area contributed by atoms with E-state index in [1.54, 1.807) is 6.92 Å². The largest absolute Gasteiger partial charge is 0.383 e. The Morgan fingerprint density at radius 2 is 2.00 bits per heavy atom. The number of aliphatic hydroxyl groups is 1. The highest BCUT2D eigenvalue weighted by Crippen LogP contribution is 2.16. The number of benzene rings is 1. The number of carbonyl (C=O) groups is 1. The van der Waals surface area contributed by atoms with E-state index in [4.69, 9.17) is 4.52 Å². The molecule has 118 valence electrons. The summed E-state index contributed by atoms with van der Waals surface area (Å²) in [5.41, 5.74) is 1.79. The molecule has 1 amide bonds. The van der Waals surface area contributed by atoms with E-state index in [0.717, 1.165) is 11.1 Å². The second kappa shape index (κ2) is 7.17. The molecule has 0 unspecified atom stereocenters. The van der Waals surface area contributed by atoms with E-state index in [9.17, 15) is 9.90 Å². The monoisotopic (exact) mass is 303 g/mol. The molecule has 0 aliphatic carbocycles. The highest BCUT2D eigenvalue weighted by molar-refractivity contribution is 5.80. The standard InChI is InChI=1S/C16H21N3O3/c1-10(2)8-14(20)16(21)17-9-12-4-6-13(7-5-12)15-18-11(3)22-19-15/h4-7,10,14,20H,8-9H2,1-3H3,(H,17,21)/t14-/m1/s1. The number of rotatable bonds is 6. The Balaban J connectivity index is 1.90. The van der Waals surface area contributed by atoms with Gasteiger partial charge in [-0.1, -0.05) is 43.3 Å². The second-order valence-corrected chi connectivity index (χ2v) is 5.70. The molecule has 0 aliphatic rings. The first-order valence-electron chi connectivity index (χ1n) is 7.31. The van der Waals surface area contributed by atoms with Gasteiger partial charge in [-0.15, -0.1) is 0 Å². The summed E-state index contributed by atoms with van der Waals surface area (Å²) in [7, 11) is 0. The third kappa shape index (κ3) is 4.39. The Morgan fingerprint density at radius 1 is 1.32 bits per heavy atom. The molecule has 2 rings (SSSR count). The molecule has 1 heterocycles. The van der Waals surface area contributed by atoms with Crippen LogP contribution in [0.5, 0.6) is 0 Å². The van der Waals surface area contributed by atoms with E-state index in [2.05, 4.69) is 15.5 Å². The van der Waals surface area contributed by atoms with E-state index in [-0.39, 0.29) is 11.8 Å². The minimum atomic E-state index is -0.957. The molecule has 22 heavy (non-hydrogen) atoms. The fraction of sp³-hybridized carbons (Fsp3) is 0.438. The number of carbonyl (C=O) groups excluding carboxylic acids is 1. The van der Waals surface area contributed by atoms with Crippen LogP contribution in [-0.4, -0.2) is 27.3 Å². The molecule has 1 atom stereocenters. The van der Waals surface area contributed by atoms with E-state index >= 15 is 0 Å². The summed E-state index contributed by atoms with van der Waals surface area (Å²) in [6.07, 6.45) is -0.497. The summed E-state index contributed by atoms with van der Waals surface area (Å²) in [6, 6.07) is 7.51. The van der Waals surface area contributed by atoms with Crippen molar-refractivity contribution in [2.75, 3.05) is 0 Å². The van der Waals surface area contributed by atoms with E-state index in [1.807, 2.05) is 38.1 Å². The Hall–Kier alpha value is -2.21. The van der Waals surface area contributed by atoms with Gasteiger partial charge in [0.05, 0.1) is 0 Å². The van der Waals surface area contributed by atoms with Crippen LogP contribution < -0.4 is 5.32 Å². The van der Waals surface area contributed by atoms with Crippen LogP contribution in [0.15, 0.2) is 28.8 Å². The van der Waals surface area contributed by atoms with Gasteiger partial charge in [0.1, 0.15) is 6.10 Å². The van der Waals surface area contributed by atoms with Gasteiger partial charge in [-0.3, -0.25) is 4.79 Å². The lowest BCUT2D eigenvalue weighted by atomic mass is 10.1. The summed E-state index contributed by atoms with van der Waals surface area (Å²) in [5, 5.41) is 16.3. The van der Waals surface area contributed by atoms with Crippen LogP contribution in [0.2, 0.25) is 0 Å². The SMILES string of the molecule is Cc1nc(-c2ccc(CNC(=O)[C@H](O)CC(C)C)cc2)no1. The summed E-state index contributed by atoms with van der Waals surface area (Å²) >= 11 is 0. The number of hydrogen-bond acceptors (Lipinski definition) is 5. The van der Waals surface area contributed by atoms with E-state index < -0.39 is 6.10 Å². The Kier molecular flexibility index (Phi) is 5.27. The molecule has 0 radical (unpaired) electrons. The zero-order valence-electron chi connectivity index (χ0n) is 13.0. The molecule has 2 N–H and O–H groups in total. The van der Waals surface area contributed by atoms with Crippen molar-refractivity contribution in [3.8, 4) is 11.4 Å².